The SMILES string of the molecule is CCNC(=NCCCOCC1CCCO1)NCCC1CCN(CC)CC1. The van der Waals surface area contributed by atoms with E-state index >= 15 is 0 Å². The van der Waals surface area contributed by atoms with Crippen LogP contribution in [-0.4, -0.2) is 76.1 Å². The second-order valence-electron chi connectivity index (χ2n) is 7.42. The summed E-state index contributed by atoms with van der Waals surface area (Å²) in [4.78, 5) is 7.22. The van der Waals surface area contributed by atoms with Gasteiger partial charge in [-0.3, -0.25) is 4.99 Å². The summed E-state index contributed by atoms with van der Waals surface area (Å²) in [5.74, 6) is 1.80. The van der Waals surface area contributed by atoms with Crippen molar-refractivity contribution >= 4 is 5.96 Å². The van der Waals surface area contributed by atoms with Gasteiger partial charge in [-0.2, -0.15) is 0 Å². The highest BCUT2D eigenvalue weighted by atomic mass is 16.5. The van der Waals surface area contributed by atoms with Gasteiger partial charge < -0.3 is 25.0 Å². The maximum Gasteiger partial charge on any atom is 0.191 e. The Kier molecular flexibility index (Phi) is 11.0. The maximum absolute atomic E-state index is 5.70. The number of aliphatic imine (C=N–C) groups is 1. The molecular weight excluding hydrogens is 328 g/mol. The average Bonchev–Trinajstić information content (AvgIpc) is 3.18. The summed E-state index contributed by atoms with van der Waals surface area (Å²) in [6.45, 7) is 13.2. The van der Waals surface area contributed by atoms with E-state index in [4.69, 9.17) is 9.47 Å². The van der Waals surface area contributed by atoms with Crippen molar-refractivity contribution in [2.45, 2.75) is 58.5 Å². The van der Waals surface area contributed by atoms with Crippen LogP contribution in [0.25, 0.3) is 0 Å². The third-order valence-corrected chi connectivity index (χ3v) is 5.39. The van der Waals surface area contributed by atoms with E-state index in [1.54, 1.807) is 0 Å². The molecule has 2 saturated heterocycles. The Balaban J connectivity index is 1.52. The van der Waals surface area contributed by atoms with Crippen molar-refractivity contribution in [2.75, 3.05) is 59.1 Å². The minimum atomic E-state index is 0.321. The molecular formula is C20H40N4O2. The molecule has 2 heterocycles. The zero-order valence-electron chi connectivity index (χ0n) is 17.0. The molecule has 2 aliphatic rings. The Morgan fingerprint density at radius 3 is 2.73 bits per heavy atom. The normalized spacial score (nSPS) is 22.7. The fourth-order valence-corrected chi connectivity index (χ4v) is 3.68. The predicted octanol–water partition coefficient (Wildman–Crippen LogP) is 2.25. The van der Waals surface area contributed by atoms with Gasteiger partial charge in [0.2, 0.25) is 0 Å². The summed E-state index contributed by atoms with van der Waals surface area (Å²) in [5.41, 5.74) is 0. The maximum atomic E-state index is 5.70. The van der Waals surface area contributed by atoms with Crippen LogP contribution in [0.4, 0.5) is 0 Å². The Hall–Kier alpha value is -0.850. The third kappa shape index (κ3) is 8.69. The molecule has 1 atom stereocenters. The van der Waals surface area contributed by atoms with Gasteiger partial charge in [0.15, 0.2) is 5.96 Å². The van der Waals surface area contributed by atoms with Crippen molar-refractivity contribution in [3.05, 3.63) is 0 Å². The number of ether oxygens (including phenoxy) is 2. The van der Waals surface area contributed by atoms with E-state index < -0.39 is 0 Å². The fraction of sp³-hybridized carbons (Fsp3) is 0.950. The molecule has 6 nitrogen and oxygen atoms in total. The molecule has 0 radical (unpaired) electrons. The molecule has 152 valence electrons. The third-order valence-electron chi connectivity index (χ3n) is 5.39. The summed E-state index contributed by atoms with van der Waals surface area (Å²) in [7, 11) is 0. The van der Waals surface area contributed by atoms with Gasteiger partial charge in [-0.05, 0) is 71.0 Å². The summed E-state index contributed by atoms with van der Waals surface area (Å²) in [6.07, 6.45) is 7.52. The molecule has 26 heavy (non-hydrogen) atoms. The van der Waals surface area contributed by atoms with Crippen molar-refractivity contribution in [2.24, 2.45) is 10.9 Å². The molecule has 0 bridgehead atoms. The summed E-state index contributed by atoms with van der Waals surface area (Å²) >= 11 is 0. The number of guanidine groups is 1. The van der Waals surface area contributed by atoms with Crippen LogP contribution < -0.4 is 10.6 Å². The second kappa shape index (κ2) is 13.3. The molecule has 0 aromatic carbocycles. The molecule has 0 amide bonds. The summed E-state index contributed by atoms with van der Waals surface area (Å²) in [5, 5.41) is 6.84. The van der Waals surface area contributed by atoms with Crippen LogP contribution >= 0.6 is 0 Å². The smallest absolute Gasteiger partial charge is 0.191 e. The first-order chi connectivity index (χ1) is 12.8. The quantitative estimate of drug-likeness (QED) is 0.333. The van der Waals surface area contributed by atoms with Gasteiger partial charge in [0.1, 0.15) is 0 Å². The molecule has 2 N–H and O–H groups in total. The van der Waals surface area contributed by atoms with Crippen LogP contribution in [0.1, 0.15) is 52.4 Å². The van der Waals surface area contributed by atoms with Crippen molar-refractivity contribution in [3.8, 4) is 0 Å². The minimum absolute atomic E-state index is 0.321. The van der Waals surface area contributed by atoms with Crippen molar-refractivity contribution in [3.63, 3.8) is 0 Å². The largest absolute Gasteiger partial charge is 0.379 e. The molecule has 0 saturated carbocycles. The molecule has 0 aromatic heterocycles. The van der Waals surface area contributed by atoms with Crippen LogP contribution in [0.15, 0.2) is 4.99 Å². The number of rotatable bonds is 11. The molecule has 0 aliphatic carbocycles. The number of hydrogen-bond acceptors (Lipinski definition) is 4. The van der Waals surface area contributed by atoms with E-state index in [0.717, 1.165) is 64.2 Å². The number of piperidine rings is 1. The van der Waals surface area contributed by atoms with Gasteiger partial charge in [-0.15, -0.1) is 0 Å². The van der Waals surface area contributed by atoms with Gasteiger partial charge in [0, 0.05) is 32.8 Å². The van der Waals surface area contributed by atoms with Crippen molar-refractivity contribution in [1.29, 1.82) is 0 Å². The monoisotopic (exact) mass is 368 g/mol. The summed E-state index contributed by atoms with van der Waals surface area (Å²) < 4.78 is 11.3. The fourth-order valence-electron chi connectivity index (χ4n) is 3.68. The lowest BCUT2D eigenvalue weighted by atomic mass is 9.93. The topological polar surface area (TPSA) is 58.1 Å². The number of hydrogen-bond donors (Lipinski definition) is 2. The standard InChI is InChI=1S/C20H40N4O2/c1-3-21-20(22-11-6-15-25-17-19-7-5-16-26-19)23-12-8-18-9-13-24(4-2)14-10-18/h18-19H,3-17H2,1-2H3,(H2,21,22,23). The molecule has 6 heteroatoms. The van der Waals surface area contributed by atoms with Gasteiger partial charge in [-0.25, -0.2) is 0 Å². The van der Waals surface area contributed by atoms with Crippen LogP contribution in [0.2, 0.25) is 0 Å². The van der Waals surface area contributed by atoms with Gasteiger partial charge in [0.25, 0.3) is 0 Å². The molecule has 2 aliphatic heterocycles. The zero-order chi connectivity index (χ0) is 18.5. The lowest BCUT2D eigenvalue weighted by Crippen LogP contribution is -2.39. The van der Waals surface area contributed by atoms with E-state index in [1.165, 1.54) is 45.3 Å². The highest BCUT2D eigenvalue weighted by Crippen LogP contribution is 2.19. The summed E-state index contributed by atoms with van der Waals surface area (Å²) in [6, 6.07) is 0. The van der Waals surface area contributed by atoms with Gasteiger partial charge >= 0.3 is 0 Å². The van der Waals surface area contributed by atoms with Crippen LogP contribution in [-0.2, 0) is 9.47 Å². The average molecular weight is 369 g/mol. The van der Waals surface area contributed by atoms with Crippen LogP contribution in [0, 0.1) is 5.92 Å². The highest BCUT2D eigenvalue weighted by molar-refractivity contribution is 5.79. The van der Waals surface area contributed by atoms with E-state index in [1.807, 2.05) is 0 Å². The van der Waals surface area contributed by atoms with Gasteiger partial charge in [0.05, 0.1) is 12.7 Å². The number of nitrogens with one attached hydrogen (secondary N) is 2. The number of nitrogens with zero attached hydrogens (tertiary/aromatic N) is 2. The Labute approximate surface area is 160 Å². The Bertz CT molecular complexity index is 378. The van der Waals surface area contributed by atoms with Crippen molar-refractivity contribution < 1.29 is 9.47 Å². The number of likely N-dealkylation sites (tertiary alicyclic amines) is 1. The molecule has 2 fully saturated rings. The lowest BCUT2D eigenvalue weighted by molar-refractivity contribution is 0.0171. The molecule has 2 rings (SSSR count). The van der Waals surface area contributed by atoms with E-state index in [9.17, 15) is 0 Å². The molecule has 0 aromatic rings. The van der Waals surface area contributed by atoms with E-state index in [-0.39, 0.29) is 0 Å². The second-order valence-corrected chi connectivity index (χ2v) is 7.42. The van der Waals surface area contributed by atoms with Crippen LogP contribution in [0.5, 0.6) is 0 Å². The van der Waals surface area contributed by atoms with Crippen LogP contribution in [0.3, 0.4) is 0 Å². The Morgan fingerprint density at radius 1 is 1.19 bits per heavy atom. The molecule has 0 spiro atoms. The first kappa shape index (κ1) is 21.5. The van der Waals surface area contributed by atoms with Gasteiger partial charge in [-0.1, -0.05) is 6.92 Å². The first-order valence-electron chi connectivity index (χ1n) is 10.8. The van der Waals surface area contributed by atoms with Crippen molar-refractivity contribution in [1.82, 2.24) is 15.5 Å². The predicted molar refractivity (Wildman–Crippen MR) is 108 cm³/mol. The Morgan fingerprint density at radius 2 is 2.04 bits per heavy atom. The molecule has 1 unspecified atom stereocenters. The van der Waals surface area contributed by atoms with E-state index in [0.29, 0.717) is 6.10 Å². The minimum Gasteiger partial charge on any atom is -0.379 e. The lowest BCUT2D eigenvalue weighted by Gasteiger charge is -2.31. The first-order valence-corrected chi connectivity index (χ1v) is 10.8. The highest BCUT2D eigenvalue weighted by Gasteiger charge is 2.17. The zero-order valence-corrected chi connectivity index (χ0v) is 17.0. The van der Waals surface area contributed by atoms with E-state index in [2.05, 4.69) is 34.4 Å².